The topological polar surface area (TPSA) is 74.2 Å². The lowest BCUT2D eigenvalue weighted by atomic mass is 9.97. The number of aliphatic hydroxyl groups is 1. The molecule has 2 fully saturated rings. The van der Waals surface area contributed by atoms with Gasteiger partial charge in [0.1, 0.15) is 24.1 Å². The lowest BCUT2D eigenvalue weighted by molar-refractivity contribution is -0.189. The van der Waals surface area contributed by atoms with Gasteiger partial charge < -0.3 is 24.1 Å². The van der Waals surface area contributed by atoms with Crippen LogP contribution < -0.4 is 4.74 Å². The molecule has 1 aromatic rings. The van der Waals surface area contributed by atoms with E-state index in [1.54, 1.807) is 26.0 Å². The maximum Gasteiger partial charge on any atom is 0.430 e. The van der Waals surface area contributed by atoms with Crippen LogP contribution in [0.25, 0.3) is 6.08 Å². The summed E-state index contributed by atoms with van der Waals surface area (Å²) in [4.78, 5) is 12.6. The fourth-order valence-electron chi connectivity index (χ4n) is 3.84. The third-order valence-corrected chi connectivity index (χ3v) is 5.05. The van der Waals surface area contributed by atoms with Crippen molar-refractivity contribution in [2.45, 2.75) is 50.5 Å². The zero-order valence-corrected chi connectivity index (χ0v) is 15.2. The molecule has 0 saturated carbocycles. The Morgan fingerprint density at radius 3 is 2.61 bits per heavy atom. The molecule has 3 aliphatic heterocycles. The molecular formula is C19H19F3O6. The lowest BCUT2D eigenvalue weighted by Crippen LogP contribution is -2.42. The number of hydrogen-bond acceptors (Lipinski definition) is 6. The molecule has 3 aliphatic rings. The number of halogens is 3. The van der Waals surface area contributed by atoms with Crippen LogP contribution in [0.2, 0.25) is 0 Å². The number of esters is 1. The summed E-state index contributed by atoms with van der Waals surface area (Å²) in [5.74, 6) is -1.05. The number of hydrogen-bond donors (Lipinski definition) is 1. The Bertz CT molecular complexity index is 834. The molecule has 0 amide bonds. The van der Waals surface area contributed by atoms with Crippen molar-refractivity contribution in [3.8, 4) is 5.75 Å². The van der Waals surface area contributed by atoms with Crippen LogP contribution in [-0.4, -0.2) is 61.0 Å². The fourth-order valence-corrected chi connectivity index (χ4v) is 3.84. The largest absolute Gasteiger partial charge is 0.475 e. The van der Waals surface area contributed by atoms with E-state index in [2.05, 4.69) is 0 Å². The summed E-state index contributed by atoms with van der Waals surface area (Å²) in [6.07, 6.45) is -9.17. The van der Waals surface area contributed by atoms with Crippen LogP contribution in [0.5, 0.6) is 5.75 Å². The van der Waals surface area contributed by atoms with E-state index in [0.29, 0.717) is 11.1 Å². The van der Waals surface area contributed by atoms with Gasteiger partial charge in [-0.2, -0.15) is 13.2 Å². The smallest absolute Gasteiger partial charge is 0.430 e. The van der Waals surface area contributed by atoms with E-state index in [1.807, 2.05) is 0 Å². The molecule has 9 heteroatoms. The van der Waals surface area contributed by atoms with Gasteiger partial charge in [-0.15, -0.1) is 0 Å². The van der Waals surface area contributed by atoms with Crippen molar-refractivity contribution in [1.29, 1.82) is 0 Å². The van der Waals surface area contributed by atoms with Gasteiger partial charge in [-0.3, -0.25) is 0 Å². The fraction of sp³-hybridized carbons (Fsp3) is 0.526. The second-order valence-electron chi connectivity index (χ2n) is 7.25. The quantitative estimate of drug-likeness (QED) is 0.767. The van der Waals surface area contributed by atoms with Crippen LogP contribution >= 0.6 is 0 Å². The lowest BCUT2D eigenvalue weighted by Gasteiger charge is -2.29. The van der Waals surface area contributed by atoms with Crippen LogP contribution in [0.4, 0.5) is 13.2 Å². The SMILES string of the molecule is Cc1cc(C)c2c(c1)C=C(C(=O)O[C@H]1CO[C@H]3[C@@H]1OC[C@H]3O)C(C(F)(F)F)O2. The Hall–Kier alpha value is -2.10. The highest BCUT2D eigenvalue weighted by molar-refractivity contribution is 5.96. The molecule has 2 saturated heterocycles. The molecule has 5 atom stereocenters. The Balaban J connectivity index is 1.63. The molecule has 0 radical (unpaired) electrons. The summed E-state index contributed by atoms with van der Waals surface area (Å²) in [6, 6.07) is 3.36. The number of fused-ring (bicyclic) bond motifs is 2. The molecule has 28 heavy (non-hydrogen) atoms. The van der Waals surface area contributed by atoms with Crippen molar-refractivity contribution in [3.63, 3.8) is 0 Å². The molecule has 0 bridgehead atoms. The summed E-state index contributed by atoms with van der Waals surface area (Å²) < 4.78 is 61.9. The molecule has 3 heterocycles. The van der Waals surface area contributed by atoms with Gasteiger partial charge in [0.15, 0.2) is 6.10 Å². The van der Waals surface area contributed by atoms with Crippen molar-refractivity contribution in [2.24, 2.45) is 0 Å². The molecule has 0 aliphatic carbocycles. The van der Waals surface area contributed by atoms with E-state index in [0.717, 1.165) is 11.6 Å². The Morgan fingerprint density at radius 1 is 1.18 bits per heavy atom. The van der Waals surface area contributed by atoms with Crippen molar-refractivity contribution in [3.05, 3.63) is 34.4 Å². The molecule has 152 valence electrons. The van der Waals surface area contributed by atoms with Gasteiger partial charge in [0.25, 0.3) is 0 Å². The minimum Gasteiger partial charge on any atom is -0.475 e. The van der Waals surface area contributed by atoms with Gasteiger partial charge >= 0.3 is 12.1 Å². The summed E-state index contributed by atoms with van der Waals surface area (Å²) in [5, 5.41) is 9.74. The van der Waals surface area contributed by atoms with Crippen molar-refractivity contribution in [2.75, 3.05) is 13.2 Å². The normalized spacial score (nSPS) is 31.6. The summed E-state index contributed by atoms with van der Waals surface area (Å²) in [6.45, 7) is 3.41. The first-order chi connectivity index (χ1) is 13.1. The summed E-state index contributed by atoms with van der Waals surface area (Å²) in [7, 11) is 0. The van der Waals surface area contributed by atoms with Gasteiger partial charge in [0.2, 0.25) is 6.10 Å². The summed E-state index contributed by atoms with van der Waals surface area (Å²) >= 11 is 0. The molecule has 4 rings (SSSR count). The molecule has 6 nitrogen and oxygen atoms in total. The van der Waals surface area contributed by atoms with E-state index in [9.17, 15) is 23.1 Å². The highest BCUT2D eigenvalue weighted by atomic mass is 19.4. The number of ether oxygens (including phenoxy) is 4. The van der Waals surface area contributed by atoms with Gasteiger partial charge in [-0.05, 0) is 31.6 Å². The first-order valence-corrected chi connectivity index (χ1v) is 8.83. The number of alkyl halides is 3. The average Bonchev–Trinajstić information content (AvgIpc) is 3.16. The maximum absolute atomic E-state index is 13.6. The first kappa shape index (κ1) is 19.2. The number of aryl methyl sites for hydroxylation is 2. The van der Waals surface area contributed by atoms with E-state index in [4.69, 9.17) is 18.9 Å². The predicted molar refractivity (Wildman–Crippen MR) is 89.7 cm³/mol. The number of benzene rings is 1. The van der Waals surface area contributed by atoms with Crippen LogP contribution in [-0.2, 0) is 19.0 Å². The van der Waals surface area contributed by atoms with Gasteiger partial charge in [0.05, 0.1) is 18.8 Å². The highest BCUT2D eigenvalue weighted by Crippen LogP contribution is 2.40. The molecule has 1 unspecified atom stereocenters. The second kappa shape index (κ2) is 6.75. The van der Waals surface area contributed by atoms with Crippen LogP contribution in [0.15, 0.2) is 17.7 Å². The molecule has 1 N–H and O–H groups in total. The van der Waals surface area contributed by atoms with E-state index in [-0.39, 0.29) is 19.0 Å². The standard InChI is InChI=1S/C19H19F3O6/c1-8-3-9(2)14-10(4-8)5-11(17(28-14)19(20,21)22)18(24)27-13-7-26-15-12(23)6-25-16(13)15/h3-5,12-13,15-17,23H,6-7H2,1-2H3/t12-,13+,15-,16-,17?/m1/s1. The van der Waals surface area contributed by atoms with E-state index >= 15 is 0 Å². The summed E-state index contributed by atoms with van der Waals surface area (Å²) in [5.41, 5.74) is 1.13. The van der Waals surface area contributed by atoms with E-state index in [1.165, 1.54) is 0 Å². The van der Waals surface area contributed by atoms with Crippen LogP contribution in [0.3, 0.4) is 0 Å². The average molecular weight is 400 g/mol. The van der Waals surface area contributed by atoms with Crippen LogP contribution in [0.1, 0.15) is 16.7 Å². The molecular weight excluding hydrogens is 381 g/mol. The van der Waals surface area contributed by atoms with Crippen LogP contribution in [0, 0.1) is 13.8 Å². The van der Waals surface area contributed by atoms with Gasteiger partial charge in [-0.1, -0.05) is 11.6 Å². The minimum atomic E-state index is -4.80. The second-order valence-corrected chi connectivity index (χ2v) is 7.25. The number of carbonyl (C=O) groups excluding carboxylic acids is 1. The Labute approximate surface area is 158 Å². The molecule has 1 aromatic carbocycles. The number of carbonyl (C=O) groups is 1. The van der Waals surface area contributed by atoms with Crippen molar-refractivity contribution >= 4 is 12.0 Å². The minimum absolute atomic E-state index is 0.0201. The Morgan fingerprint density at radius 2 is 1.89 bits per heavy atom. The number of aliphatic hydroxyl groups excluding tert-OH is 1. The van der Waals surface area contributed by atoms with Crippen molar-refractivity contribution in [1.82, 2.24) is 0 Å². The van der Waals surface area contributed by atoms with Gasteiger partial charge in [0, 0.05) is 5.56 Å². The molecule has 0 aromatic heterocycles. The number of rotatable bonds is 2. The Kier molecular flexibility index (Phi) is 4.64. The third kappa shape index (κ3) is 3.27. The van der Waals surface area contributed by atoms with Crippen molar-refractivity contribution < 1.29 is 42.0 Å². The maximum atomic E-state index is 13.6. The highest BCUT2D eigenvalue weighted by Gasteiger charge is 2.52. The monoisotopic (exact) mass is 400 g/mol. The predicted octanol–water partition coefficient (Wildman–Crippen LogP) is 2.08. The zero-order valence-electron chi connectivity index (χ0n) is 15.2. The zero-order chi connectivity index (χ0) is 20.2. The van der Waals surface area contributed by atoms with E-state index < -0.39 is 48.2 Å². The molecule has 0 spiro atoms. The third-order valence-electron chi connectivity index (χ3n) is 5.05. The first-order valence-electron chi connectivity index (χ1n) is 8.83. The van der Waals surface area contributed by atoms with Gasteiger partial charge in [-0.25, -0.2) is 4.79 Å².